The molecule has 2 aromatic rings. The van der Waals surface area contributed by atoms with Crippen LogP contribution in [-0.2, 0) is 11.5 Å². The van der Waals surface area contributed by atoms with Crippen LogP contribution < -0.4 is 5.56 Å². The fourth-order valence-electron chi connectivity index (χ4n) is 1.99. The second kappa shape index (κ2) is 4.24. The van der Waals surface area contributed by atoms with Crippen LogP contribution in [0.5, 0.6) is 0 Å². The average Bonchev–Trinajstić information content (AvgIpc) is 2.81. The van der Waals surface area contributed by atoms with E-state index in [1.807, 2.05) is 0 Å². The molecule has 1 aliphatic heterocycles. The van der Waals surface area contributed by atoms with Crippen LogP contribution in [0.3, 0.4) is 0 Å². The minimum atomic E-state index is -0.252. The summed E-state index contributed by atoms with van der Waals surface area (Å²) in [7, 11) is 0. The summed E-state index contributed by atoms with van der Waals surface area (Å²) in [5, 5.41) is 0. The molecule has 3 nitrogen and oxygen atoms in total. The molecule has 0 spiro atoms. The van der Waals surface area contributed by atoms with E-state index in [1.165, 1.54) is 6.07 Å². The van der Waals surface area contributed by atoms with Crippen molar-refractivity contribution >= 4 is 11.8 Å². The highest BCUT2D eigenvalue weighted by molar-refractivity contribution is 7.98. The maximum absolute atomic E-state index is 13.2. The Kier molecular flexibility index (Phi) is 2.70. The van der Waals surface area contributed by atoms with E-state index in [0.717, 1.165) is 28.3 Å². The van der Waals surface area contributed by atoms with Gasteiger partial charge in [0.2, 0.25) is 0 Å². The van der Waals surface area contributed by atoms with Gasteiger partial charge in [0, 0.05) is 22.6 Å². The van der Waals surface area contributed by atoms with Gasteiger partial charge in [-0.2, -0.15) is 11.8 Å². The van der Waals surface area contributed by atoms with Gasteiger partial charge >= 0.3 is 0 Å². The van der Waals surface area contributed by atoms with Crippen molar-refractivity contribution in [1.29, 1.82) is 0 Å². The van der Waals surface area contributed by atoms with E-state index >= 15 is 0 Å². The van der Waals surface area contributed by atoms with E-state index < -0.39 is 0 Å². The molecule has 0 fully saturated rings. The van der Waals surface area contributed by atoms with Crippen LogP contribution in [0, 0.1) is 12.7 Å². The zero-order valence-electron chi connectivity index (χ0n) is 9.79. The Morgan fingerprint density at radius 2 is 2.22 bits per heavy atom. The van der Waals surface area contributed by atoms with Gasteiger partial charge in [0.15, 0.2) is 0 Å². The molecule has 92 valence electrons. The molecule has 0 unspecified atom stereocenters. The number of hydrogen-bond acceptors (Lipinski definition) is 3. The van der Waals surface area contributed by atoms with E-state index in [4.69, 9.17) is 0 Å². The Morgan fingerprint density at radius 3 is 3.00 bits per heavy atom. The Bertz CT molecular complexity index is 681. The summed E-state index contributed by atoms with van der Waals surface area (Å²) in [6.07, 6.45) is 0. The highest BCUT2D eigenvalue weighted by Gasteiger charge is 2.18. The topological polar surface area (TPSA) is 45.8 Å². The molecule has 0 saturated carbocycles. The third-order valence-electron chi connectivity index (χ3n) is 3.02. The number of benzene rings is 1. The number of fused-ring (bicyclic) bond motifs is 1. The molecule has 2 heterocycles. The van der Waals surface area contributed by atoms with Crippen LogP contribution in [0.25, 0.3) is 11.4 Å². The highest BCUT2D eigenvalue weighted by atomic mass is 32.2. The predicted octanol–water partition coefficient (Wildman–Crippen LogP) is 2.63. The molecule has 1 aromatic carbocycles. The third-order valence-corrected chi connectivity index (χ3v) is 3.99. The fourth-order valence-corrected chi connectivity index (χ4v) is 3.03. The van der Waals surface area contributed by atoms with E-state index in [9.17, 15) is 9.18 Å². The lowest BCUT2D eigenvalue weighted by atomic mass is 10.1. The first-order chi connectivity index (χ1) is 8.65. The van der Waals surface area contributed by atoms with Gasteiger partial charge in [0.1, 0.15) is 11.6 Å². The Hall–Kier alpha value is -1.62. The van der Waals surface area contributed by atoms with Crippen molar-refractivity contribution in [2.45, 2.75) is 18.4 Å². The molecule has 0 aliphatic carbocycles. The molecule has 1 aromatic heterocycles. The predicted molar refractivity (Wildman–Crippen MR) is 70.0 cm³/mol. The van der Waals surface area contributed by atoms with Crippen molar-refractivity contribution in [3.63, 3.8) is 0 Å². The molecule has 0 radical (unpaired) electrons. The van der Waals surface area contributed by atoms with Crippen molar-refractivity contribution in [2.75, 3.05) is 0 Å². The zero-order chi connectivity index (χ0) is 12.7. The summed E-state index contributed by atoms with van der Waals surface area (Å²) in [5.74, 6) is 1.76. The standard InChI is InChI=1S/C13H11FN2OS/c1-7-4-8(2-3-10(7)14)12-15-11-6-18-5-9(11)13(17)16-12/h2-4H,5-6H2,1H3,(H,15,16,17). The molecule has 1 aliphatic rings. The monoisotopic (exact) mass is 262 g/mol. The van der Waals surface area contributed by atoms with Gasteiger partial charge < -0.3 is 4.98 Å². The van der Waals surface area contributed by atoms with E-state index in [1.54, 1.807) is 30.8 Å². The van der Waals surface area contributed by atoms with Crippen LogP contribution in [0.15, 0.2) is 23.0 Å². The SMILES string of the molecule is Cc1cc(-c2nc3c(c(=O)[nH]2)CSC3)ccc1F. The van der Waals surface area contributed by atoms with Crippen molar-refractivity contribution in [3.05, 3.63) is 51.2 Å². The average molecular weight is 262 g/mol. The Morgan fingerprint density at radius 1 is 1.39 bits per heavy atom. The molecular weight excluding hydrogens is 251 g/mol. The minimum absolute atomic E-state index is 0.0815. The molecule has 3 rings (SSSR count). The van der Waals surface area contributed by atoms with Gasteiger partial charge in [-0.15, -0.1) is 0 Å². The number of aromatic amines is 1. The number of nitrogens with one attached hydrogen (secondary N) is 1. The van der Waals surface area contributed by atoms with Gasteiger partial charge in [0.25, 0.3) is 5.56 Å². The Labute approximate surface area is 107 Å². The number of aromatic nitrogens is 2. The number of H-pyrrole nitrogens is 1. The lowest BCUT2D eigenvalue weighted by Crippen LogP contribution is -2.15. The second-order valence-corrected chi connectivity index (χ2v) is 5.28. The summed E-state index contributed by atoms with van der Waals surface area (Å²) in [6.45, 7) is 1.69. The minimum Gasteiger partial charge on any atom is -0.306 e. The number of nitrogens with zero attached hydrogens (tertiary/aromatic N) is 1. The normalized spacial score (nSPS) is 13.7. The van der Waals surface area contributed by atoms with Crippen molar-refractivity contribution in [1.82, 2.24) is 9.97 Å². The fraction of sp³-hybridized carbons (Fsp3) is 0.231. The summed E-state index contributed by atoms with van der Waals surface area (Å²) in [5.41, 5.74) is 2.82. The Balaban J connectivity index is 2.15. The summed E-state index contributed by atoms with van der Waals surface area (Å²) in [4.78, 5) is 19.1. The number of hydrogen-bond donors (Lipinski definition) is 1. The molecule has 0 saturated heterocycles. The van der Waals surface area contributed by atoms with Crippen LogP contribution in [-0.4, -0.2) is 9.97 Å². The summed E-state index contributed by atoms with van der Waals surface area (Å²) >= 11 is 1.68. The van der Waals surface area contributed by atoms with Crippen molar-refractivity contribution in [2.24, 2.45) is 0 Å². The van der Waals surface area contributed by atoms with Gasteiger partial charge in [-0.1, -0.05) is 0 Å². The van der Waals surface area contributed by atoms with Crippen LogP contribution >= 0.6 is 11.8 Å². The molecule has 0 amide bonds. The lowest BCUT2D eigenvalue weighted by molar-refractivity contribution is 0.618. The molecule has 1 N–H and O–H groups in total. The molecular formula is C13H11FN2OS. The van der Waals surface area contributed by atoms with Crippen LogP contribution in [0.2, 0.25) is 0 Å². The van der Waals surface area contributed by atoms with Crippen LogP contribution in [0.1, 0.15) is 16.8 Å². The first kappa shape index (κ1) is 11.5. The summed E-state index contributed by atoms with van der Waals surface area (Å²) < 4.78 is 13.2. The molecule has 18 heavy (non-hydrogen) atoms. The molecule has 0 bridgehead atoms. The number of thioether (sulfide) groups is 1. The van der Waals surface area contributed by atoms with Crippen molar-refractivity contribution in [3.8, 4) is 11.4 Å². The smallest absolute Gasteiger partial charge is 0.255 e. The highest BCUT2D eigenvalue weighted by Crippen LogP contribution is 2.27. The number of rotatable bonds is 1. The van der Waals surface area contributed by atoms with Crippen molar-refractivity contribution < 1.29 is 4.39 Å². The van der Waals surface area contributed by atoms with E-state index in [-0.39, 0.29) is 11.4 Å². The number of aryl methyl sites for hydroxylation is 1. The van der Waals surface area contributed by atoms with Gasteiger partial charge in [-0.3, -0.25) is 4.79 Å². The molecule has 5 heteroatoms. The zero-order valence-corrected chi connectivity index (χ0v) is 10.6. The quantitative estimate of drug-likeness (QED) is 0.859. The maximum atomic E-state index is 13.2. The first-order valence-electron chi connectivity index (χ1n) is 5.61. The first-order valence-corrected chi connectivity index (χ1v) is 6.77. The second-order valence-electron chi connectivity index (χ2n) is 4.30. The lowest BCUT2D eigenvalue weighted by Gasteiger charge is -2.05. The van der Waals surface area contributed by atoms with Gasteiger partial charge in [-0.05, 0) is 30.7 Å². The van der Waals surface area contributed by atoms with Gasteiger partial charge in [0.05, 0.1) is 5.69 Å². The van der Waals surface area contributed by atoms with Crippen LogP contribution in [0.4, 0.5) is 4.39 Å². The van der Waals surface area contributed by atoms with E-state index in [2.05, 4.69) is 9.97 Å². The third kappa shape index (κ3) is 1.84. The van der Waals surface area contributed by atoms with E-state index in [0.29, 0.717) is 11.4 Å². The summed E-state index contributed by atoms with van der Waals surface area (Å²) in [6, 6.07) is 4.73. The maximum Gasteiger partial charge on any atom is 0.255 e. The molecule has 0 atom stereocenters. The number of halogens is 1. The largest absolute Gasteiger partial charge is 0.306 e. The van der Waals surface area contributed by atoms with Gasteiger partial charge in [-0.25, -0.2) is 9.37 Å².